The molecule has 4 nitrogen and oxygen atoms in total. The first-order valence-corrected chi connectivity index (χ1v) is 8.34. The van der Waals surface area contributed by atoms with E-state index in [2.05, 4.69) is 51.2 Å². The summed E-state index contributed by atoms with van der Waals surface area (Å²) < 4.78 is 0. The van der Waals surface area contributed by atoms with E-state index >= 15 is 0 Å². The second-order valence-corrected chi connectivity index (χ2v) is 6.12. The summed E-state index contributed by atoms with van der Waals surface area (Å²) in [6.45, 7) is 13.8. The monoisotopic (exact) mass is 288 g/mol. The van der Waals surface area contributed by atoms with Gasteiger partial charge in [-0.2, -0.15) is 0 Å². The molecular formula is C17H28N4. The molecule has 0 atom stereocenters. The average molecular weight is 288 g/mol. The SMILES string of the molecule is CCN1CCN(c2cccc(CN3CCNCC3)c2)CC1. The number of hydrogen-bond donors (Lipinski definition) is 1. The molecule has 1 aromatic rings. The van der Waals surface area contributed by atoms with E-state index in [4.69, 9.17) is 0 Å². The van der Waals surface area contributed by atoms with E-state index < -0.39 is 0 Å². The van der Waals surface area contributed by atoms with Crippen LogP contribution in [-0.2, 0) is 6.54 Å². The molecule has 0 radical (unpaired) electrons. The first kappa shape index (κ1) is 14.8. The Morgan fingerprint density at radius 3 is 2.43 bits per heavy atom. The Bertz CT molecular complexity index is 434. The maximum atomic E-state index is 3.42. The van der Waals surface area contributed by atoms with Gasteiger partial charge in [0.2, 0.25) is 0 Å². The fourth-order valence-corrected chi connectivity index (χ4v) is 3.30. The third-order valence-corrected chi connectivity index (χ3v) is 4.71. The van der Waals surface area contributed by atoms with Crippen LogP contribution in [0.4, 0.5) is 5.69 Å². The zero-order chi connectivity index (χ0) is 14.5. The van der Waals surface area contributed by atoms with E-state index in [1.54, 1.807) is 0 Å². The van der Waals surface area contributed by atoms with Gasteiger partial charge >= 0.3 is 0 Å². The lowest BCUT2D eigenvalue weighted by molar-refractivity contribution is 0.233. The van der Waals surface area contributed by atoms with Gasteiger partial charge in [-0.05, 0) is 24.2 Å². The third kappa shape index (κ3) is 3.96. The molecule has 2 heterocycles. The average Bonchev–Trinajstić information content (AvgIpc) is 2.56. The second-order valence-electron chi connectivity index (χ2n) is 6.12. The minimum absolute atomic E-state index is 1.09. The summed E-state index contributed by atoms with van der Waals surface area (Å²) in [5.41, 5.74) is 2.85. The van der Waals surface area contributed by atoms with Crippen molar-refractivity contribution in [2.75, 3.05) is 63.8 Å². The molecule has 0 aromatic heterocycles. The molecule has 3 rings (SSSR count). The van der Waals surface area contributed by atoms with E-state index in [1.807, 2.05) is 0 Å². The Morgan fingerprint density at radius 2 is 1.71 bits per heavy atom. The molecule has 21 heavy (non-hydrogen) atoms. The maximum absolute atomic E-state index is 3.42. The summed E-state index contributed by atoms with van der Waals surface area (Å²) in [4.78, 5) is 7.61. The molecule has 116 valence electrons. The molecule has 0 aliphatic carbocycles. The normalized spacial score (nSPS) is 21.7. The number of likely N-dealkylation sites (N-methyl/N-ethyl adjacent to an activating group) is 1. The first-order chi connectivity index (χ1) is 10.3. The van der Waals surface area contributed by atoms with Crippen molar-refractivity contribution in [1.82, 2.24) is 15.1 Å². The summed E-state index contributed by atoms with van der Waals surface area (Å²) in [7, 11) is 0. The van der Waals surface area contributed by atoms with Crippen LogP contribution in [0, 0.1) is 0 Å². The second kappa shape index (κ2) is 7.25. The molecule has 2 aliphatic heterocycles. The number of nitrogens with zero attached hydrogens (tertiary/aromatic N) is 3. The number of rotatable bonds is 4. The zero-order valence-electron chi connectivity index (χ0n) is 13.2. The molecule has 0 amide bonds. The quantitative estimate of drug-likeness (QED) is 0.899. The standard InChI is InChI=1S/C17H28N4/c1-2-19-10-12-21(13-11-19)17-5-3-4-16(14-17)15-20-8-6-18-7-9-20/h3-5,14,18H,2,6-13,15H2,1H3. The summed E-state index contributed by atoms with van der Waals surface area (Å²) in [5.74, 6) is 0. The van der Waals surface area contributed by atoms with E-state index in [0.717, 1.165) is 32.7 Å². The predicted molar refractivity (Wildman–Crippen MR) is 88.9 cm³/mol. The molecule has 2 saturated heterocycles. The Hall–Kier alpha value is -1.10. The molecule has 0 bridgehead atoms. The van der Waals surface area contributed by atoms with Gasteiger partial charge in [0, 0.05) is 64.6 Å². The van der Waals surface area contributed by atoms with Gasteiger partial charge in [-0.25, -0.2) is 0 Å². The number of anilines is 1. The van der Waals surface area contributed by atoms with Gasteiger partial charge in [0.1, 0.15) is 0 Å². The summed E-state index contributed by atoms with van der Waals surface area (Å²) in [6.07, 6.45) is 0. The van der Waals surface area contributed by atoms with Crippen molar-refractivity contribution >= 4 is 5.69 Å². The highest BCUT2D eigenvalue weighted by atomic mass is 15.3. The molecule has 0 spiro atoms. The van der Waals surface area contributed by atoms with Gasteiger partial charge in [0.15, 0.2) is 0 Å². The van der Waals surface area contributed by atoms with Crippen molar-refractivity contribution in [3.05, 3.63) is 29.8 Å². The largest absolute Gasteiger partial charge is 0.369 e. The molecule has 4 heteroatoms. The van der Waals surface area contributed by atoms with E-state index in [-0.39, 0.29) is 0 Å². The minimum Gasteiger partial charge on any atom is -0.369 e. The third-order valence-electron chi connectivity index (χ3n) is 4.71. The smallest absolute Gasteiger partial charge is 0.0370 e. The van der Waals surface area contributed by atoms with Gasteiger partial charge in [0.25, 0.3) is 0 Å². The Morgan fingerprint density at radius 1 is 0.952 bits per heavy atom. The topological polar surface area (TPSA) is 21.8 Å². The molecule has 2 aliphatic rings. The van der Waals surface area contributed by atoms with Gasteiger partial charge in [-0.3, -0.25) is 4.90 Å². The Labute approximate surface area is 128 Å². The maximum Gasteiger partial charge on any atom is 0.0370 e. The van der Waals surface area contributed by atoms with Gasteiger partial charge in [0.05, 0.1) is 0 Å². The van der Waals surface area contributed by atoms with Crippen LogP contribution in [0.3, 0.4) is 0 Å². The van der Waals surface area contributed by atoms with E-state index in [1.165, 1.54) is 44.0 Å². The number of nitrogens with one attached hydrogen (secondary N) is 1. The molecule has 0 unspecified atom stereocenters. The molecule has 0 saturated carbocycles. The van der Waals surface area contributed by atoms with Crippen molar-refractivity contribution in [1.29, 1.82) is 0 Å². The summed E-state index contributed by atoms with van der Waals surface area (Å²) in [5, 5.41) is 3.42. The zero-order valence-corrected chi connectivity index (χ0v) is 13.2. The number of hydrogen-bond acceptors (Lipinski definition) is 4. The summed E-state index contributed by atoms with van der Waals surface area (Å²) >= 11 is 0. The van der Waals surface area contributed by atoms with Crippen LogP contribution < -0.4 is 10.2 Å². The highest BCUT2D eigenvalue weighted by molar-refractivity contribution is 5.49. The Kier molecular flexibility index (Phi) is 5.12. The molecular weight excluding hydrogens is 260 g/mol. The fourth-order valence-electron chi connectivity index (χ4n) is 3.30. The van der Waals surface area contributed by atoms with Gasteiger partial charge in [-0.1, -0.05) is 19.1 Å². The highest BCUT2D eigenvalue weighted by Crippen LogP contribution is 2.19. The van der Waals surface area contributed by atoms with Crippen LogP contribution in [0.15, 0.2) is 24.3 Å². The first-order valence-electron chi connectivity index (χ1n) is 8.34. The predicted octanol–water partition coefficient (Wildman–Crippen LogP) is 1.23. The lowest BCUT2D eigenvalue weighted by Crippen LogP contribution is -2.46. The number of benzene rings is 1. The van der Waals surface area contributed by atoms with Crippen LogP contribution in [0.2, 0.25) is 0 Å². The Balaban J connectivity index is 1.60. The lowest BCUT2D eigenvalue weighted by atomic mass is 10.1. The van der Waals surface area contributed by atoms with E-state index in [9.17, 15) is 0 Å². The van der Waals surface area contributed by atoms with Crippen molar-refractivity contribution in [2.45, 2.75) is 13.5 Å². The molecule has 1 N–H and O–H groups in total. The molecule has 1 aromatic carbocycles. The van der Waals surface area contributed by atoms with Gasteiger partial charge < -0.3 is 15.1 Å². The highest BCUT2D eigenvalue weighted by Gasteiger charge is 2.16. The van der Waals surface area contributed by atoms with Crippen molar-refractivity contribution in [2.24, 2.45) is 0 Å². The van der Waals surface area contributed by atoms with Crippen molar-refractivity contribution in [3.63, 3.8) is 0 Å². The van der Waals surface area contributed by atoms with Gasteiger partial charge in [-0.15, -0.1) is 0 Å². The van der Waals surface area contributed by atoms with E-state index in [0.29, 0.717) is 0 Å². The lowest BCUT2D eigenvalue weighted by Gasteiger charge is -2.36. The molecule has 2 fully saturated rings. The van der Waals surface area contributed by atoms with Crippen LogP contribution in [0.1, 0.15) is 12.5 Å². The van der Waals surface area contributed by atoms with Crippen LogP contribution in [-0.4, -0.2) is 68.7 Å². The summed E-state index contributed by atoms with van der Waals surface area (Å²) in [6, 6.07) is 9.15. The van der Waals surface area contributed by atoms with Crippen molar-refractivity contribution < 1.29 is 0 Å². The van der Waals surface area contributed by atoms with Crippen LogP contribution in [0.25, 0.3) is 0 Å². The van der Waals surface area contributed by atoms with Crippen molar-refractivity contribution in [3.8, 4) is 0 Å². The fraction of sp³-hybridized carbons (Fsp3) is 0.647. The number of piperazine rings is 2. The minimum atomic E-state index is 1.09. The van der Waals surface area contributed by atoms with Crippen LogP contribution >= 0.6 is 0 Å². The van der Waals surface area contributed by atoms with Crippen LogP contribution in [0.5, 0.6) is 0 Å².